The lowest BCUT2D eigenvalue weighted by molar-refractivity contribution is -0.145. The van der Waals surface area contributed by atoms with E-state index in [4.69, 9.17) is 10.8 Å². The number of hydrogen-bond acceptors (Lipinski definition) is 4. The average Bonchev–Trinajstić information content (AvgIpc) is 2.73. The predicted octanol–water partition coefficient (Wildman–Crippen LogP) is -0.257. The molecule has 7 heteroatoms. The van der Waals surface area contributed by atoms with E-state index in [1.54, 1.807) is 17.9 Å². The largest absolute Gasteiger partial charge is 0.480 e. The van der Waals surface area contributed by atoms with Gasteiger partial charge in [0.05, 0.1) is 6.20 Å². The lowest BCUT2D eigenvalue weighted by Crippen LogP contribution is -2.41. The highest BCUT2D eigenvalue weighted by Gasteiger charge is 2.24. The summed E-state index contributed by atoms with van der Waals surface area (Å²) in [6, 6.07) is -0.871. The van der Waals surface area contributed by atoms with E-state index in [0.29, 0.717) is 18.5 Å². The molecule has 0 aromatic carbocycles. The van der Waals surface area contributed by atoms with Gasteiger partial charge in [-0.1, -0.05) is 6.92 Å². The minimum absolute atomic E-state index is 0.333. The molecule has 0 radical (unpaired) electrons. The Morgan fingerprint density at radius 1 is 1.61 bits per heavy atom. The molecule has 1 atom stereocenters. The van der Waals surface area contributed by atoms with Crippen LogP contribution in [0.3, 0.4) is 0 Å². The molecule has 3 N–H and O–H groups in total. The minimum atomic E-state index is -1.05. The molecule has 0 bridgehead atoms. The molecule has 0 aliphatic heterocycles. The number of carboxylic acids is 1. The van der Waals surface area contributed by atoms with Crippen LogP contribution in [0.2, 0.25) is 0 Å². The molecular weight excluding hydrogens is 236 g/mol. The highest BCUT2D eigenvalue weighted by molar-refractivity contribution is 5.86. The van der Waals surface area contributed by atoms with Crippen LogP contribution < -0.4 is 5.73 Å². The monoisotopic (exact) mass is 254 g/mol. The summed E-state index contributed by atoms with van der Waals surface area (Å²) in [5, 5.41) is 12.7. The van der Waals surface area contributed by atoms with Gasteiger partial charge in [0.1, 0.15) is 12.6 Å². The number of aryl methyl sites for hydroxylation is 1. The summed E-state index contributed by atoms with van der Waals surface area (Å²) in [5.41, 5.74) is 6.40. The zero-order valence-corrected chi connectivity index (χ0v) is 10.5. The number of amides is 1. The van der Waals surface area contributed by atoms with Crippen LogP contribution in [-0.2, 0) is 16.6 Å². The fraction of sp³-hybridized carbons (Fsp3) is 0.545. The van der Waals surface area contributed by atoms with E-state index in [1.165, 1.54) is 11.1 Å². The van der Waals surface area contributed by atoms with E-state index in [0.717, 1.165) is 0 Å². The van der Waals surface area contributed by atoms with Gasteiger partial charge < -0.3 is 15.7 Å². The summed E-state index contributed by atoms with van der Waals surface area (Å²) < 4.78 is 1.55. The number of hydrogen-bond donors (Lipinski definition) is 2. The van der Waals surface area contributed by atoms with Crippen LogP contribution in [-0.4, -0.2) is 44.8 Å². The van der Waals surface area contributed by atoms with Gasteiger partial charge in [0.2, 0.25) is 5.91 Å². The van der Waals surface area contributed by atoms with Crippen LogP contribution in [0.5, 0.6) is 0 Å². The summed E-state index contributed by atoms with van der Waals surface area (Å²) in [7, 11) is 1.72. The Hall–Kier alpha value is -1.89. The van der Waals surface area contributed by atoms with Crippen molar-refractivity contribution in [2.24, 2.45) is 12.8 Å². The Morgan fingerprint density at radius 2 is 2.28 bits per heavy atom. The first-order chi connectivity index (χ1) is 8.45. The van der Waals surface area contributed by atoms with Gasteiger partial charge in [-0.2, -0.15) is 5.10 Å². The Balaban J connectivity index is 2.78. The van der Waals surface area contributed by atoms with E-state index in [1.807, 2.05) is 6.92 Å². The van der Waals surface area contributed by atoms with Crippen molar-refractivity contribution in [2.75, 3.05) is 13.1 Å². The van der Waals surface area contributed by atoms with Crippen LogP contribution in [0.25, 0.3) is 0 Å². The van der Waals surface area contributed by atoms with Crippen molar-refractivity contribution < 1.29 is 14.7 Å². The molecule has 1 aromatic heterocycles. The molecule has 18 heavy (non-hydrogen) atoms. The van der Waals surface area contributed by atoms with Crippen LogP contribution in [0.15, 0.2) is 12.4 Å². The summed E-state index contributed by atoms with van der Waals surface area (Å²) >= 11 is 0. The van der Waals surface area contributed by atoms with E-state index in [2.05, 4.69) is 5.10 Å². The lowest BCUT2D eigenvalue weighted by atomic mass is 10.1. The number of carbonyl (C=O) groups excluding carboxylic acids is 1. The van der Waals surface area contributed by atoms with Crippen molar-refractivity contribution in [3.63, 3.8) is 0 Å². The molecule has 7 nitrogen and oxygen atoms in total. The van der Waals surface area contributed by atoms with Crippen molar-refractivity contribution in [1.29, 1.82) is 0 Å². The fourth-order valence-electron chi connectivity index (χ4n) is 1.64. The second-order valence-electron chi connectivity index (χ2n) is 4.08. The standard InChI is InChI=1S/C11H18N4O3/c1-3-4-15(7-9(16)17)11(18)10(12)8-5-13-14(2)6-8/h5-6,10H,3-4,7,12H2,1-2H3,(H,16,17). The van der Waals surface area contributed by atoms with Gasteiger partial charge in [0.15, 0.2) is 0 Å². The third-order valence-electron chi connectivity index (χ3n) is 2.48. The van der Waals surface area contributed by atoms with Gasteiger partial charge in [-0.05, 0) is 6.42 Å². The second-order valence-corrected chi connectivity index (χ2v) is 4.08. The quantitative estimate of drug-likeness (QED) is 0.728. The Morgan fingerprint density at radius 3 is 2.72 bits per heavy atom. The molecule has 0 saturated heterocycles. The fourth-order valence-corrected chi connectivity index (χ4v) is 1.64. The first-order valence-corrected chi connectivity index (χ1v) is 5.70. The van der Waals surface area contributed by atoms with Gasteiger partial charge in [-0.25, -0.2) is 0 Å². The summed E-state index contributed by atoms with van der Waals surface area (Å²) in [6.07, 6.45) is 3.83. The maximum Gasteiger partial charge on any atom is 0.323 e. The molecule has 1 rings (SSSR count). The number of carbonyl (C=O) groups is 2. The maximum atomic E-state index is 12.1. The van der Waals surface area contributed by atoms with Crippen molar-refractivity contribution in [1.82, 2.24) is 14.7 Å². The summed E-state index contributed by atoms with van der Waals surface area (Å²) in [4.78, 5) is 24.0. The molecule has 0 aliphatic carbocycles. The number of rotatable bonds is 6. The van der Waals surface area contributed by atoms with Crippen LogP contribution in [0.1, 0.15) is 24.9 Å². The molecule has 0 aliphatic rings. The lowest BCUT2D eigenvalue weighted by Gasteiger charge is -2.23. The van der Waals surface area contributed by atoms with Crippen LogP contribution in [0.4, 0.5) is 0 Å². The Labute approximate surface area is 105 Å². The van der Waals surface area contributed by atoms with Crippen molar-refractivity contribution in [2.45, 2.75) is 19.4 Å². The molecule has 100 valence electrons. The first-order valence-electron chi connectivity index (χ1n) is 5.70. The van der Waals surface area contributed by atoms with E-state index in [9.17, 15) is 9.59 Å². The van der Waals surface area contributed by atoms with Gasteiger partial charge in [0.25, 0.3) is 0 Å². The third-order valence-corrected chi connectivity index (χ3v) is 2.48. The minimum Gasteiger partial charge on any atom is -0.480 e. The smallest absolute Gasteiger partial charge is 0.323 e. The number of aliphatic carboxylic acids is 1. The van der Waals surface area contributed by atoms with E-state index >= 15 is 0 Å². The Bertz CT molecular complexity index is 430. The topological polar surface area (TPSA) is 101 Å². The number of nitrogens with two attached hydrogens (primary N) is 1. The predicted molar refractivity (Wildman–Crippen MR) is 64.6 cm³/mol. The number of carboxylic acid groups (broad SMARTS) is 1. The second kappa shape index (κ2) is 6.15. The third kappa shape index (κ3) is 3.56. The molecule has 0 saturated carbocycles. The van der Waals surface area contributed by atoms with Crippen molar-refractivity contribution >= 4 is 11.9 Å². The molecule has 1 amide bonds. The Kier molecular flexibility index (Phi) is 4.85. The highest BCUT2D eigenvalue weighted by atomic mass is 16.4. The van der Waals surface area contributed by atoms with E-state index < -0.39 is 17.9 Å². The summed E-state index contributed by atoms with van der Waals surface area (Å²) in [6.45, 7) is 1.91. The first kappa shape index (κ1) is 14.2. The van der Waals surface area contributed by atoms with Gasteiger partial charge in [0, 0.05) is 25.4 Å². The van der Waals surface area contributed by atoms with Crippen LogP contribution >= 0.6 is 0 Å². The van der Waals surface area contributed by atoms with Gasteiger partial charge in [-0.3, -0.25) is 14.3 Å². The highest BCUT2D eigenvalue weighted by Crippen LogP contribution is 2.12. The molecule has 0 spiro atoms. The van der Waals surface area contributed by atoms with Crippen molar-refractivity contribution in [3.05, 3.63) is 18.0 Å². The zero-order valence-electron chi connectivity index (χ0n) is 10.5. The van der Waals surface area contributed by atoms with Gasteiger partial charge >= 0.3 is 5.97 Å². The zero-order chi connectivity index (χ0) is 13.7. The average molecular weight is 254 g/mol. The van der Waals surface area contributed by atoms with E-state index in [-0.39, 0.29) is 6.54 Å². The number of nitrogens with zero attached hydrogens (tertiary/aromatic N) is 3. The molecular formula is C11H18N4O3. The molecule has 1 aromatic rings. The molecule has 1 heterocycles. The number of aromatic nitrogens is 2. The summed E-state index contributed by atoms with van der Waals surface area (Å²) in [5.74, 6) is -1.44. The maximum absolute atomic E-state index is 12.1. The molecule has 0 fully saturated rings. The van der Waals surface area contributed by atoms with Gasteiger partial charge in [-0.15, -0.1) is 0 Å². The van der Waals surface area contributed by atoms with Crippen molar-refractivity contribution in [3.8, 4) is 0 Å². The normalized spacial score (nSPS) is 12.2. The van der Waals surface area contributed by atoms with Crippen LogP contribution in [0, 0.1) is 0 Å². The SMILES string of the molecule is CCCN(CC(=O)O)C(=O)C(N)c1cnn(C)c1. The molecule has 1 unspecified atom stereocenters.